The van der Waals surface area contributed by atoms with E-state index in [1.54, 1.807) is 0 Å². The van der Waals surface area contributed by atoms with Crippen LogP contribution in [-0.2, 0) is 4.79 Å². The van der Waals surface area contributed by atoms with E-state index in [9.17, 15) is 4.79 Å². The number of nitrogens with zero attached hydrogens (tertiary/aromatic N) is 2. The van der Waals surface area contributed by atoms with Gasteiger partial charge in [-0.05, 0) is 26.9 Å². The van der Waals surface area contributed by atoms with Crippen LogP contribution in [0.4, 0.5) is 0 Å². The van der Waals surface area contributed by atoms with E-state index in [0.29, 0.717) is 18.4 Å². The third-order valence-electron chi connectivity index (χ3n) is 2.85. The Balaban J connectivity index is 2.34. The van der Waals surface area contributed by atoms with E-state index < -0.39 is 0 Å². The molecule has 76 valence electrons. The van der Waals surface area contributed by atoms with Gasteiger partial charge in [0.15, 0.2) is 0 Å². The van der Waals surface area contributed by atoms with Crippen molar-refractivity contribution in [1.29, 1.82) is 0 Å². The average molecular weight is 184 g/mol. The molecule has 0 bridgehead atoms. The molecule has 1 rings (SSSR count). The summed E-state index contributed by atoms with van der Waals surface area (Å²) in [5, 5.41) is 0. The van der Waals surface area contributed by atoms with E-state index in [2.05, 4.69) is 19.0 Å². The lowest BCUT2D eigenvalue weighted by Crippen LogP contribution is -2.44. The van der Waals surface area contributed by atoms with Crippen molar-refractivity contribution in [3.05, 3.63) is 0 Å². The fourth-order valence-electron chi connectivity index (χ4n) is 1.86. The molecule has 0 unspecified atom stereocenters. The van der Waals surface area contributed by atoms with Gasteiger partial charge in [0, 0.05) is 25.6 Å². The van der Waals surface area contributed by atoms with Crippen LogP contribution in [0, 0.1) is 0 Å². The maximum Gasteiger partial charge on any atom is 0.222 e. The zero-order chi connectivity index (χ0) is 9.84. The molecule has 1 saturated heterocycles. The van der Waals surface area contributed by atoms with Gasteiger partial charge in [-0.3, -0.25) is 4.79 Å². The Labute approximate surface area is 80.7 Å². The smallest absolute Gasteiger partial charge is 0.222 e. The van der Waals surface area contributed by atoms with Crippen LogP contribution in [-0.4, -0.2) is 48.9 Å². The van der Waals surface area contributed by atoms with Crippen molar-refractivity contribution in [2.45, 2.75) is 32.2 Å². The second-order valence-corrected chi connectivity index (χ2v) is 3.93. The number of rotatable bonds is 2. The molecule has 1 amide bonds. The molecule has 1 heterocycles. The molecule has 3 nitrogen and oxygen atoms in total. The zero-order valence-corrected chi connectivity index (χ0v) is 8.92. The van der Waals surface area contributed by atoms with E-state index in [0.717, 1.165) is 25.9 Å². The van der Waals surface area contributed by atoms with Crippen LogP contribution in [0.25, 0.3) is 0 Å². The molecule has 0 spiro atoms. The molecule has 0 atom stereocenters. The SMILES string of the molecule is CCC(=O)N1CCC(N(C)C)CC1. The highest BCUT2D eigenvalue weighted by Gasteiger charge is 2.22. The van der Waals surface area contributed by atoms with E-state index in [4.69, 9.17) is 0 Å². The van der Waals surface area contributed by atoms with E-state index in [-0.39, 0.29) is 0 Å². The maximum absolute atomic E-state index is 11.4. The van der Waals surface area contributed by atoms with E-state index in [1.807, 2.05) is 11.8 Å². The largest absolute Gasteiger partial charge is 0.343 e. The number of hydrogen-bond donors (Lipinski definition) is 0. The monoisotopic (exact) mass is 184 g/mol. The number of hydrogen-bond acceptors (Lipinski definition) is 2. The van der Waals surface area contributed by atoms with Gasteiger partial charge in [-0.15, -0.1) is 0 Å². The van der Waals surface area contributed by atoms with Crippen molar-refractivity contribution in [2.24, 2.45) is 0 Å². The summed E-state index contributed by atoms with van der Waals surface area (Å²) >= 11 is 0. The Bertz CT molecular complexity index is 172. The van der Waals surface area contributed by atoms with Crippen LogP contribution in [0.3, 0.4) is 0 Å². The van der Waals surface area contributed by atoms with Crippen molar-refractivity contribution in [3.8, 4) is 0 Å². The first-order valence-electron chi connectivity index (χ1n) is 5.09. The molecule has 1 aliphatic heterocycles. The maximum atomic E-state index is 11.4. The van der Waals surface area contributed by atoms with Gasteiger partial charge in [0.2, 0.25) is 5.91 Å². The summed E-state index contributed by atoms with van der Waals surface area (Å²) in [6, 6.07) is 0.668. The van der Waals surface area contributed by atoms with Crippen molar-refractivity contribution in [3.63, 3.8) is 0 Å². The van der Waals surface area contributed by atoms with Gasteiger partial charge in [0.25, 0.3) is 0 Å². The number of carbonyl (C=O) groups is 1. The predicted molar refractivity (Wildman–Crippen MR) is 53.6 cm³/mol. The number of likely N-dealkylation sites (tertiary alicyclic amines) is 1. The number of piperidine rings is 1. The molecule has 13 heavy (non-hydrogen) atoms. The van der Waals surface area contributed by atoms with Crippen LogP contribution in [0.2, 0.25) is 0 Å². The Morgan fingerprint density at radius 3 is 2.31 bits per heavy atom. The number of carbonyl (C=O) groups excluding carboxylic acids is 1. The molecular formula is C10H20N2O. The Hall–Kier alpha value is -0.570. The molecule has 1 fully saturated rings. The Morgan fingerprint density at radius 2 is 1.92 bits per heavy atom. The molecule has 0 saturated carbocycles. The van der Waals surface area contributed by atoms with Gasteiger partial charge in [-0.1, -0.05) is 6.92 Å². The summed E-state index contributed by atoms with van der Waals surface area (Å²) in [5.74, 6) is 0.303. The van der Waals surface area contributed by atoms with Gasteiger partial charge in [0.05, 0.1) is 0 Å². The standard InChI is InChI=1S/C10H20N2O/c1-4-10(13)12-7-5-9(6-8-12)11(2)3/h9H,4-8H2,1-3H3. The summed E-state index contributed by atoms with van der Waals surface area (Å²) in [5.41, 5.74) is 0. The van der Waals surface area contributed by atoms with Crippen molar-refractivity contribution in [2.75, 3.05) is 27.2 Å². The highest BCUT2D eigenvalue weighted by atomic mass is 16.2. The second-order valence-electron chi connectivity index (χ2n) is 3.93. The topological polar surface area (TPSA) is 23.6 Å². The molecular weight excluding hydrogens is 164 g/mol. The third-order valence-corrected chi connectivity index (χ3v) is 2.85. The fourth-order valence-corrected chi connectivity index (χ4v) is 1.86. The number of amides is 1. The first-order valence-corrected chi connectivity index (χ1v) is 5.09. The lowest BCUT2D eigenvalue weighted by molar-refractivity contribution is -0.132. The molecule has 0 aromatic heterocycles. The van der Waals surface area contributed by atoms with Crippen molar-refractivity contribution >= 4 is 5.91 Å². The van der Waals surface area contributed by atoms with E-state index >= 15 is 0 Å². The van der Waals surface area contributed by atoms with Crippen LogP contribution in [0.15, 0.2) is 0 Å². The summed E-state index contributed by atoms with van der Waals surface area (Å²) in [6.45, 7) is 3.81. The van der Waals surface area contributed by atoms with Gasteiger partial charge >= 0.3 is 0 Å². The third kappa shape index (κ3) is 2.69. The van der Waals surface area contributed by atoms with Gasteiger partial charge in [-0.25, -0.2) is 0 Å². The van der Waals surface area contributed by atoms with Crippen LogP contribution >= 0.6 is 0 Å². The molecule has 0 N–H and O–H groups in total. The normalized spacial score (nSPS) is 19.5. The summed E-state index contributed by atoms with van der Waals surface area (Å²) < 4.78 is 0. The molecule has 0 aromatic rings. The van der Waals surface area contributed by atoms with Crippen molar-refractivity contribution in [1.82, 2.24) is 9.80 Å². The predicted octanol–water partition coefficient (Wildman–Crippen LogP) is 0.949. The first kappa shape index (κ1) is 10.5. The fraction of sp³-hybridized carbons (Fsp3) is 0.900. The van der Waals surface area contributed by atoms with Crippen LogP contribution in [0.5, 0.6) is 0 Å². The summed E-state index contributed by atoms with van der Waals surface area (Å²) in [4.78, 5) is 15.6. The Kier molecular flexibility index (Phi) is 3.72. The Morgan fingerprint density at radius 1 is 1.38 bits per heavy atom. The summed E-state index contributed by atoms with van der Waals surface area (Å²) in [7, 11) is 4.23. The first-order chi connectivity index (χ1) is 6.15. The lowest BCUT2D eigenvalue weighted by Gasteiger charge is -2.35. The van der Waals surface area contributed by atoms with Crippen molar-refractivity contribution < 1.29 is 4.79 Å². The van der Waals surface area contributed by atoms with Crippen LogP contribution < -0.4 is 0 Å². The second kappa shape index (κ2) is 4.61. The molecule has 0 aromatic carbocycles. The lowest BCUT2D eigenvalue weighted by atomic mass is 10.0. The van der Waals surface area contributed by atoms with Crippen LogP contribution in [0.1, 0.15) is 26.2 Å². The molecule has 3 heteroatoms. The highest BCUT2D eigenvalue weighted by Crippen LogP contribution is 2.14. The summed E-state index contributed by atoms with van der Waals surface area (Å²) in [6.07, 6.45) is 2.89. The minimum absolute atomic E-state index is 0.303. The molecule has 1 aliphatic rings. The average Bonchev–Trinajstić information content (AvgIpc) is 2.17. The minimum Gasteiger partial charge on any atom is -0.343 e. The van der Waals surface area contributed by atoms with Gasteiger partial charge in [-0.2, -0.15) is 0 Å². The quantitative estimate of drug-likeness (QED) is 0.638. The van der Waals surface area contributed by atoms with Gasteiger partial charge < -0.3 is 9.80 Å². The molecule has 0 aliphatic carbocycles. The zero-order valence-electron chi connectivity index (χ0n) is 8.92. The van der Waals surface area contributed by atoms with E-state index in [1.165, 1.54) is 0 Å². The van der Waals surface area contributed by atoms with Gasteiger partial charge in [0.1, 0.15) is 0 Å². The minimum atomic E-state index is 0.303. The highest BCUT2D eigenvalue weighted by molar-refractivity contribution is 5.75. The molecule has 0 radical (unpaired) electrons.